The number of phenolic OH excluding ortho intramolecular Hbond substituents is 4. The second-order valence-corrected chi connectivity index (χ2v) is 10.4. The number of fused-ring (bicyclic) bond motifs is 1. The molecule has 3 amide bonds. The molecule has 3 heterocycles. The molecule has 0 saturated carbocycles. The van der Waals surface area contributed by atoms with Gasteiger partial charge in [0.05, 0.1) is 31.5 Å². The molecule has 0 atom stereocenters. The molecule has 46 heavy (non-hydrogen) atoms. The Morgan fingerprint density at radius 1 is 0.826 bits per heavy atom. The van der Waals surface area contributed by atoms with Crippen molar-refractivity contribution in [2.24, 2.45) is 5.73 Å². The van der Waals surface area contributed by atoms with Crippen LogP contribution in [-0.2, 0) is 10.6 Å². The van der Waals surface area contributed by atoms with E-state index in [0.717, 1.165) is 4.68 Å². The summed E-state index contributed by atoms with van der Waals surface area (Å²) < 4.78 is 5.83. The quantitative estimate of drug-likeness (QED) is 0.0697. The van der Waals surface area contributed by atoms with Gasteiger partial charge in [0.1, 0.15) is 22.8 Å². The highest BCUT2D eigenvalue weighted by molar-refractivity contribution is 6.13. The fourth-order valence-electron chi connectivity index (χ4n) is 5.14. The number of carbonyl (C=O) groups excluding carboxylic acids is 3. The number of benzene rings is 2. The standard InChI is InChI=1S/C25H25N5O16/c1-46-9-4-2-8(3-5-9)30-12-10(11(27-30)19(26)35)22(38,39)6-28(20(12)36)13-15(31)17(33)14(18(34)16(13)32)29-7-23(40,41)25(44,45)24(42,43)21(29)37/h2-5,31-34,38-45H,6-7H2,1H3,(H2,26,35). The molecule has 0 unspecified atom stereocenters. The molecule has 246 valence electrons. The predicted octanol–water partition coefficient (Wildman–Crippen LogP) is -5.01. The van der Waals surface area contributed by atoms with Crippen LogP contribution >= 0.6 is 0 Å². The second kappa shape index (κ2) is 9.87. The zero-order valence-electron chi connectivity index (χ0n) is 23.1. The van der Waals surface area contributed by atoms with Gasteiger partial charge in [0.15, 0.2) is 28.7 Å². The van der Waals surface area contributed by atoms with E-state index in [4.69, 9.17) is 10.5 Å². The summed E-state index contributed by atoms with van der Waals surface area (Å²) in [4.78, 5) is 38.8. The van der Waals surface area contributed by atoms with Crippen LogP contribution in [0.1, 0.15) is 26.5 Å². The van der Waals surface area contributed by atoms with Crippen LogP contribution in [0.3, 0.4) is 0 Å². The van der Waals surface area contributed by atoms with Crippen molar-refractivity contribution in [3.8, 4) is 34.4 Å². The number of rotatable bonds is 5. The summed E-state index contributed by atoms with van der Waals surface area (Å²) in [5, 5.41) is 129. The summed E-state index contributed by atoms with van der Waals surface area (Å²) in [5.41, 5.74) is 0.381. The highest BCUT2D eigenvalue weighted by atomic mass is 16.7. The van der Waals surface area contributed by atoms with E-state index >= 15 is 0 Å². The van der Waals surface area contributed by atoms with E-state index in [1.54, 1.807) is 0 Å². The maximum atomic E-state index is 13.9. The normalized spacial score (nSPS) is 19.6. The van der Waals surface area contributed by atoms with Crippen molar-refractivity contribution in [3.63, 3.8) is 0 Å². The van der Waals surface area contributed by atoms with Gasteiger partial charge in [-0.1, -0.05) is 0 Å². The molecule has 14 N–H and O–H groups in total. The molecule has 21 heteroatoms. The van der Waals surface area contributed by atoms with Crippen LogP contribution in [0, 0.1) is 0 Å². The summed E-state index contributed by atoms with van der Waals surface area (Å²) in [6, 6.07) is 5.51. The van der Waals surface area contributed by atoms with Crippen LogP contribution in [0.4, 0.5) is 11.4 Å². The van der Waals surface area contributed by atoms with Gasteiger partial charge in [-0.3, -0.25) is 24.2 Å². The third-order valence-electron chi connectivity index (χ3n) is 7.51. The van der Waals surface area contributed by atoms with E-state index in [9.17, 15) is 75.7 Å². The minimum Gasteiger partial charge on any atom is -0.503 e. The molecule has 0 aliphatic carbocycles. The molecule has 5 rings (SSSR count). The number of methoxy groups -OCH3 is 1. The number of hydrogen-bond acceptors (Lipinski definition) is 17. The zero-order valence-corrected chi connectivity index (χ0v) is 23.1. The number of aromatic hydroxyl groups is 4. The van der Waals surface area contributed by atoms with Crippen molar-refractivity contribution in [2.75, 3.05) is 30.0 Å². The number of ether oxygens (including phenoxy) is 1. The van der Waals surface area contributed by atoms with Gasteiger partial charge in [0, 0.05) is 0 Å². The Morgan fingerprint density at radius 2 is 1.33 bits per heavy atom. The minimum atomic E-state index is -4.43. The van der Waals surface area contributed by atoms with E-state index in [-0.39, 0.29) is 15.5 Å². The lowest BCUT2D eigenvalue weighted by Crippen LogP contribution is -2.80. The summed E-state index contributed by atoms with van der Waals surface area (Å²) in [5.74, 6) is -27.0. The minimum absolute atomic E-state index is 0.0328. The Bertz CT molecular complexity index is 1780. The first-order valence-electron chi connectivity index (χ1n) is 12.6. The first-order chi connectivity index (χ1) is 21.1. The topological polar surface area (TPSA) is 354 Å². The molecule has 1 fully saturated rings. The number of β-amino-alcohol motifs (C(OH)–C–C–N with tert-alkyl or cyclic N) is 4. The Labute approximate surface area is 254 Å². The Hall–Kier alpha value is -5.26. The predicted molar refractivity (Wildman–Crippen MR) is 143 cm³/mol. The van der Waals surface area contributed by atoms with Gasteiger partial charge in [0.2, 0.25) is 11.6 Å². The van der Waals surface area contributed by atoms with Gasteiger partial charge in [-0.25, -0.2) is 4.68 Å². The van der Waals surface area contributed by atoms with Gasteiger partial charge < -0.3 is 71.7 Å². The Kier molecular flexibility index (Phi) is 6.90. The zero-order chi connectivity index (χ0) is 34.5. The van der Waals surface area contributed by atoms with Crippen LogP contribution in [-0.4, -0.2) is 126 Å². The van der Waals surface area contributed by atoms with Crippen molar-refractivity contribution in [1.82, 2.24) is 9.78 Å². The number of nitrogens with two attached hydrogens (primary N) is 1. The SMILES string of the molecule is COc1ccc(-n2nc(C(N)=O)c3c2C(=O)N(c2c(O)c(O)c(N4CC(O)(O)C(O)(O)C(O)(O)C4=O)c(O)c2O)CC3(O)O)cc1. The molecule has 1 aromatic heterocycles. The molecule has 1 saturated heterocycles. The van der Waals surface area contributed by atoms with Crippen LogP contribution in [0.5, 0.6) is 28.7 Å². The number of carbonyl (C=O) groups is 3. The molecule has 2 aliphatic rings. The third-order valence-corrected chi connectivity index (χ3v) is 7.51. The van der Waals surface area contributed by atoms with E-state index in [2.05, 4.69) is 5.10 Å². The summed E-state index contributed by atoms with van der Waals surface area (Å²) in [7, 11) is 1.36. The van der Waals surface area contributed by atoms with E-state index in [1.807, 2.05) is 0 Å². The highest BCUT2D eigenvalue weighted by Crippen LogP contribution is 2.58. The van der Waals surface area contributed by atoms with Crippen molar-refractivity contribution < 1.29 is 80.4 Å². The van der Waals surface area contributed by atoms with Gasteiger partial charge in [0.25, 0.3) is 23.5 Å². The number of phenols is 4. The lowest BCUT2D eigenvalue weighted by atomic mass is 9.89. The number of aromatic nitrogens is 2. The van der Waals surface area contributed by atoms with Crippen molar-refractivity contribution in [3.05, 3.63) is 41.2 Å². The Morgan fingerprint density at radius 3 is 1.80 bits per heavy atom. The monoisotopic (exact) mass is 651 g/mol. The summed E-state index contributed by atoms with van der Waals surface area (Å²) in [6.07, 6.45) is 0. The van der Waals surface area contributed by atoms with Crippen LogP contribution in [0.15, 0.2) is 24.3 Å². The van der Waals surface area contributed by atoms with E-state index in [1.165, 1.54) is 31.4 Å². The van der Waals surface area contributed by atoms with Gasteiger partial charge >= 0.3 is 5.79 Å². The third kappa shape index (κ3) is 4.19. The Balaban J connectivity index is 1.70. The lowest BCUT2D eigenvalue weighted by molar-refractivity contribution is -0.440. The van der Waals surface area contributed by atoms with Crippen LogP contribution in [0.25, 0.3) is 5.69 Å². The van der Waals surface area contributed by atoms with E-state index < -0.39 is 105 Å². The molecular formula is C25H25N5O16. The van der Waals surface area contributed by atoms with Crippen LogP contribution < -0.4 is 20.3 Å². The average molecular weight is 651 g/mol. The first kappa shape index (κ1) is 32.1. The summed E-state index contributed by atoms with van der Waals surface area (Å²) >= 11 is 0. The van der Waals surface area contributed by atoms with Gasteiger partial charge in [-0.15, -0.1) is 0 Å². The number of hydrogen-bond donors (Lipinski definition) is 13. The lowest BCUT2D eigenvalue weighted by Gasteiger charge is -2.49. The van der Waals surface area contributed by atoms with Gasteiger partial charge in [-0.2, -0.15) is 5.10 Å². The number of nitrogens with zero attached hydrogens (tertiary/aromatic N) is 4. The largest absolute Gasteiger partial charge is 0.503 e. The smallest absolute Gasteiger partial charge is 0.306 e. The maximum Gasteiger partial charge on any atom is 0.306 e. The number of aliphatic hydroxyl groups is 8. The fraction of sp³-hybridized carbons (Fsp3) is 0.280. The summed E-state index contributed by atoms with van der Waals surface area (Å²) in [6.45, 7) is -3.07. The van der Waals surface area contributed by atoms with Crippen LogP contribution in [0.2, 0.25) is 0 Å². The van der Waals surface area contributed by atoms with Crippen molar-refractivity contribution >= 4 is 29.1 Å². The number of piperidine rings is 1. The number of primary amides is 1. The molecule has 0 bridgehead atoms. The van der Waals surface area contributed by atoms with Gasteiger partial charge in [-0.05, 0) is 24.3 Å². The van der Waals surface area contributed by atoms with Crippen molar-refractivity contribution in [1.29, 1.82) is 0 Å². The molecule has 2 aromatic carbocycles. The highest BCUT2D eigenvalue weighted by Gasteiger charge is 2.71. The molecule has 0 spiro atoms. The molecule has 2 aliphatic heterocycles. The average Bonchev–Trinajstić information content (AvgIpc) is 3.40. The number of amides is 3. The molecular weight excluding hydrogens is 626 g/mol. The second-order valence-electron chi connectivity index (χ2n) is 10.4. The molecule has 0 radical (unpaired) electrons. The van der Waals surface area contributed by atoms with E-state index in [0.29, 0.717) is 5.75 Å². The van der Waals surface area contributed by atoms with Crippen molar-refractivity contribution in [2.45, 2.75) is 23.1 Å². The molecule has 3 aromatic rings. The first-order valence-corrected chi connectivity index (χ1v) is 12.6. The maximum absolute atomic E-state index is 13.9. The molecule has 21 nitrogen and oxygen atoms in total. The number of anilines is 2. The fourth-order valence-corrected chi connectivity index (χ4v) is 5.14.